The Morgan fingerprint density at radius 3 is 1.55 bits per heavy atom. The fourth-order valence-corrected chi connectivity index (χ4v) is 7.00. The Hall–Kier alpha value is -4.28. The molecule has 5 rings (SSSR count). The smallest absolute Gasteiger partial charge is 0.190 e. The van der Waals surface area contributed by atoms with Gasteiger partial charge in [0, 0.05) is 30.4 Å². The van der Waals surface area contributed by atoms with Crippen molar-refractivity contribution in [3.05, 3.63) is 106 Å². The summed E-state index contributed by atoms with van der Waals surface area (Å²) in [6.07, 6.45) is 0. The van der Waals surface area contributed by atoms with E-state index in [1.54, 1.807) is 4.90 Å². The van der Waals surface area contributed by atoms with Gasteiger partial charge in [0.15, 0.2) is 11.6 Å². The van der Waals surface area contributed by atoms with Gasteiger partial charge in [-0.3, -0.25) is 14.5 Å². The summed E-state index contributed by atoms with van der Waals surface area (Å²) in [4.78, 5) is 34.5. The second-order valence-corrected chi connectivity index (χ2v) is 11.4. The van der Waals surface area contributed by atoms with Gasteiger partial charge >= 0.3 is 0 Å². The second kappa shape index (κ2) is 11.8. The zero-order valence-electron chi connectivity index (χ0n) is 22.0. The lowest BCUT2D eigenvalue weighted by atomic mass is 10.1. The maximum atomic E-state index is 13.6. The average molecular weight is 564 g/mol. The fourth-order valence-electron chi connectivity index (χ4n) is 4.68. The van der Waals surface area contributed by atoms with E-state index in [1.807, 2.05) is 103 Å². The molecule has 0 bridgehead atoms. The van der Waals surface area contributed by atoms with Gasteiger partial charge in [-0.1, -0.05) is 78.1 Å². The molecule has 0 saturated carbocycles. The first-order valence-electron chi connectivity index (χ1n) is 12.5. The first-order chi connectivity index (χ1) is 19.4. The lowest BCUT2D eigenvalue weighted by Crippen LogP contribution is -2.36. The van der Waals surface area contributed by atoms with Crippen molar-refractivity contribution < 1.29 is 9.59 Å². The van der Waals surface area contributed by atoms with Crippen LogP contribution < -0.4 is 9.80 Å². The SMILES string of the molecule is CN1C(=C(C#N)C(=O)CN(CC(=O)C(C#N)=C2Sc3ccccc3N2C)Cc2ccccc2)Sc2ccccc21. The molecule has 198 valence electrons. The third-order valence-corrected chi connectivity index (χ3v) is 9.14. The lowest BCUT2D eigenvalue weighted by Gasteiger charge is -2.22. The topological polar surface area (TPSA) is 91.4 Å². The van der Waals surface area contributed by atoms with Crippen molar-refractivity contribution in [2.24, 2.45) is 0 Å². The highest BCUT2D eigenvalue weighted by molar-refractivity contribution is 8.04. The van der Waals surface area contributed by atoms with E-state index in [2.05, 4.69) is 12.1 Å². The minimum Gasteiger partial charge on any atom is -0.337 e. The summed E-state index contributed by atoms with van der Waals surface area (Å²) in [5.41, 5.74) is 2.89. The zero-order chi connectivity index (χ0) is 28.2. The van der Waals surface area contributed by atoms with E-state index in [4.69, 9.17) is 0 Å². The van der Waals surface area contributed by atoms with Crippen molar-refractivity contribution >= 4 is 46.5 Å². The zero-order valence-corrected chi connectivity index (χ0v) is 23.6. The third kappa shape index (κ3) is 5.41. The standard InChI is InChI=1S/C31H25N5O2S2/c1-34-24-12-6-8-14-28(24)39-30(34)22(16-32)26(37)19-36(18-21-10-4-3-5-11-21)20-27(38)23(17-33)31-35(2)25-13-7-9-15-29(25)40-31/h3-15H,18-20H2,1-2H3. The summed E-state index contributed by atoms with van der Waals surface area (Å²) in [5.74, 6) is -0.751. The molecule has 0 aliphatic carbocycles. The molecule has 9 heteroatoms. The van der Waals surface area contributed by atoms with Crippen LogP contribution >= 0.6 is 23.5 Å². The molecule has 7 nitrogen and oxygen atoms in total. The number of para-hydroxylation sites is 2. The van der Waals surface area contributed by atoms with E-state index < -0.39 is 0 Å². The first kappa shape index (κ1) is 27.3. The number of ketones is 2. The van der Waals surface area contributed by atoms with E-state index in [0.717, 1.165) is 26.7 Å². The molecule has 0 fully saturated rings. The monoisotopic (exact) mass is 563 g/mol. The summed E-state index contributed by atoms with van der Waals surface area (Å²) in [6.45, 7) is 0.0247. The van der Waals surface area contributed by atoms with Gasteiger partial charge in [0.05, 0.1) is 24.5 Å². The maximum absolute atomic E-state index is 13.6. The van der Waals surface area contributed by atoms with E-state index in [9.17, 15) is 20.1 Å². The number of thioether (sulfide) groups is 2. The number of nitriles is 2. The van der Waals surface area contributed by atoms with Crippen LogP contribution in [0, 0.1) is 22.7 Å². The van der Waals surface area contributed by atoms with Crippen molar-refractivity contribution in [2.75, 3.05) is 37.0 Å². The van der Waals surface area contributed by atoms with Crippen LogP contribution in [0.4, 0.5) is 11.4 Å². The third-order valence-electron chi connectivity index (χ3n) is 6.67. The van der Waals surface area contributed by atoms with E-state index in [0.29, 0.717) is 16.6 Å². The highest BCUT2D eigenvalue weighted by atomic mass is 32.2. The van der Waals surface area contributed by atoms with Gasteiger partial charge < -0.3 is 9.80 Å². The quantitative estimate of drug-likeness (QED) is 0.257. The maximum Gasteiger partial charge on any atom is 0.190 e. The molecule has 3 aromatic rings. The highest BCUT2D eigenvalue weighted by Gasteiger charge is 2.31. The molecule has 0 saturated heterocycles. The largest absolute Gasteiger partial charge is 0.337 e. The van der Waals surface area contributed by atoms with Gasteiger partial charge in [-0.25, -0.2) is 0 Å². The van der Waals surface area contributed by atoms with Gasteiger partial charge in [0.2, 0.25) is 0 Å². The molecule has 0 aromatic heterocycles. The second-order valence-electron chi connectivity index (χ2n) is 9.32. The highest BCUT2D eigenvalue weighted by Crippen LogP contribution is 2.47. The summed E-state index contributed by atoms with van der Waals surface area (Å²) >= 11 is 2.78. The molecule has 2 aliphatic heterocycles. The number of carbonyl (C=O) groups excluding carboxylic acids is 2. The Kier molecular flexibility index (Phi) is 8.09. The number of anilines is 2. The Morgan fingerprint density at radius 1 is 0.700 bits per heavy atom. The molecular weight excluding hydrogens is 539 g/mol. The summed E-state index contributed by atoms with van der Waals surface area (Å²) < 4.78 is 0. The van der Waals surface area contributed by atoms with E-state index in [-0.39, 0.29) is 35.8 Å². The Balaban J connectivity index is 1.42. The summed E-state index contributed by atoms with van der Waals surface area (Å²) in [6, 6.07) is 29.2. The van der Waals surface area contributed by atoms with Crippen molar-refractivity contribution in [1.82, 2.24) is 4.90 Å². The molecule has 40 heavy (non-hydrogen) atoms. The number of hydrogen-bond acceptors (Lipinski definition) is 9. The Bertz CT molecular complexity index is 1530. The molecule has 0 amide bonds. The normalized spacial score (nSPS) is 16.2. The first-order valence-corrected chi connectivity index (χ1v) is 14.2. The number of Topliss-reactive ketones (excluding diaryl/α,β-unsaturated/α-hetero) is 2. The van der Waals surface area contributed by atoms with Crippen LogP contribution in [0.1, 0.15) is 5.56 Å². The molecule has 0 atom stereocenters. The van der Waals surface area contributed by atoms with Crippen LogP contribution in [-0.4, -0.2) is 43.7 Å². The minimum absolute atomic E-state index is 0.0506. The fraction of sp³-hybridized carbons (Fsp3) is 0.161. The summed E-state index contributed by atoms with van der Waals surface area (Å²) in [7, 11) is 3.67. The van der Waals surface area contributed by atoms with E-state index >= 15 is 0 Å². The van der Waals surface area contributed by atoms with Crippen LogP contribution in [0.15, 0.2) is 110 Å². The number of nitrogens with zero attached hydrogens (tertiary/aromatic N) is 5. The van der Waals surface area contributed by atoms with Crippen LogP contribution in [0.3, 0.4) is 0 Å². The van der Waals surface area contributed by atoms with Gasteiger partial charge in [-0.2, -0.15) is 10.5 Å². The van der Waals surface area contributed by atoms with Gasteiger partial charge in [-0.05, 0) is 29.8 Å². The van der Waals surface area contributed by atoms with Crippen molar-refractivity contribution in [3.63, 3.8) is 0 Å². The van der Waals surface area contributed by atoms with Crippen LogP contribution in [-0.2, 0) is 16.1 Å². The molecule has 2 heterocycles. The van der Waals surface area contributed by atoms with Crippen LogP contribution in [0.25, 0.3) is 0 Å². The van der Waals surface area contributed by atoms with Crippen molar-refractivity contribution in [2.45, 2.75) is 16.3 Å². The average Bonchev–Trinajstić information content (AvgIpc) is 3.47. The van der Waals surface area contributed by atoms with Crippen molar-refractivity contribution in [3.8, 4) is 12.1 Å². The Morgan fingerprint density at radius 2 is 1.12 bits per heavy atom. The predicted octanol–water partition coefficient (Wildman–Crippen LogP) is 5.58. The number of carbonyl (C=O) groups is 2. The molecule has 0 N–H and O–H groups in total. The van der Waals surface area contributed by atoms with Gasteiger partial charge in [0.1, 0.15) is 33.3 Å². The van der Waals surface area contributed by atoms with Crippen molar-refractivity contribution in [1.29, 1.82) is 10.5 Å². The van der Waals surface area contributed by atoms with Crippen LogP contribution in [0.5, 0.6) is 0 Å². The molecule has 2 aliphatic rings. The molecule has 3 aromatic carbocycles. The lowest BCUT2D eigenvalue weighted by molar-refractivity contribution is -0.119. The molecular formula is C31H25N5O2S2. The predicted molar refractivity (Wildman–Crippen MR) is 158 cm³/mol. The van der Waals surface area contributed by atoms with Gasteiger partial charge in [-0.15, -0.1) is 0 Å². The number of benzene rings is 3. The molecule has 0 spiro atoms. The van der Waals surface area contributed by atoms with Gasteiger partial charge in [0.25, 0.3) is 0 Å². The Labute approximate surface area is 242 Å². The number of fused-ring (bicyclic) bond motifs is 2. The van der Waals surface area contributed by atoms with E-state index in [1.165, 1.54) is 23.5 Å². The number of hydrogen-bond donors (Lipinski definition) is 0. The minimum atomic E-state index is -0.376. The molecule has 0 unspecified atom stereocenters. The summed E-state index contributed by atoms with van der Waals surface area (Å²) in [5, 5.41) is 21.2. The van der Waals surface area contributed by atoms with Crippen LogP contribution in [0.2, 0.25) is 0 Å². The number of rotatable bonds is 8. The molecule has 0 radical (unpaired) electrons.